The molecule has 4 rings (SSSR count). The Bertz CT molecular complexity index is 966. The standard InChI is InChI=1S/C20H18Cl2N2O3/c1-2-20-4-3-12(25)8-13(20)16-11(9-20)7-15(17(21)18(16)22)27-10-14(26)19-23-5-6-24-19/h5-8H,2-4,9-10H2,1H3,(H,23,24). The molecule has 1 aromatic carbocycles. The van der Waals surface area contributed by atoms with Crippen LogP contribution in [0.15, 0.2) is 24.5 Å². The SMILES string of the molecule is CCC12CCC(=O)C=C1c1c(cc(OCC(=O)c3ncc[nH]3)c(Cl)c1Cl)C2. The van der Waals surface area contributed by atoms with E-state index < -0.39 is 0 Å². The van der Waals surface area contributed by atoms with Crippen LogP contribution >= 0.6 is 23.2 Å². The molecule has 0 fully saturated rings. The molecule has 1 aromatic heterocycles. The average Bonchev–Trinajstić information content (AvgIpc) is 3.29. The molecule has 2 aliphatic rings. The van der Waals surface area contributed by atoms with E-state index >= 15 is 0 Å². The van der Waals surface area contributed by atoms with Gasteiger partial charge in [-0.25, -0.2) is 4.98 Å². The third-order valence-corrected chi connectivity index (χ3v) is 6.43. The van der Waals surface area contributed by atoms with Crippen molar-refractivity contribution in [2.45, 2.75) is 32.6 Å². The molecule has 0 radical (unpaired) electrons. The van der Waals surface area contributed by atoms with Gasteiger partial charge in [0.25, 0.3) is 0 Å². The summed E-state index contributed by atoms with van der Waals surface area (Å²) in [5.74, 6) is 0.452. The Morgan fingerprint density at radius 3 is 2.89 bits per heavy atom. The molecular formula is C20H18Cl2N2O3. The monoisotopic (exact) mass is 404 g/mol. The number of H-pyrrole nitrogens is 1. The molecule has 2 aliphatic carbocycles. The largest absolute Gasteiger partial charge is 0.484 e. The van der Waals surface area contributed by atoms with Gasteiger partial charge >= 0.3 is 0 Å². The third-order valence-electron chi connectivity index (χ3n) is 5.58. The highest BCUT2D eigenvalue weighted by molar-refractivity contribution is 6.44. The van der Waals surface area contributed by atoms with Crippen LogP contribution in [0.5, 0.6) is 5.75 Å². The van der Waals surface area contributed by atoms with Gasteiger partial charge in [-0.3, -0.25) is 9.59 Å². The number of imidazole rings is 1. The number of fused-ring (bicyclic) bond motifs is 3. The lowest BCUT2D eigenvalue weighted by Crippen LogP contribution is -2.24. The second-order valence-corrected chi connectivity index (χ2v) is 7.78. The summed E-state index contributed by atoms with van der Waals surface area (Å²) < 4.78 is 5.66. The van der Waals surface area contributed by atoms with E-state index in [0.29, 0.717) is 17.2 Å². The molecule has 0 aliphatic heterocycles. The number of halogens is 2. The highest BCUT2D eigenvalue weighted by Gasteiger charge is 2.44. The first kappa shape index (κ1) is 18.3. The zero-order chi connectivity index (χ0) is 19.2. The second-order valence-electron chi connectivity index (χ2n) is 7.02. The van der Waals surface area contributed by atoms with Crippen LogP contribution in [-0.4, -0.2) is 28.1 Å². The maximum absolute atomic E-state index is 12.1. The summed E-state index contributed by atoms with van der Waals surface area (Å²) in [6, 6.07) is 1.85. The second kappa shape index (κ2) is 6.80. The average molecular weight is 405 g/mol. The molecule has 0 amide bonds. The molecular weight excluding hydrogens is 387 g/mol. The highest BCUT2D eigenvalue weighted by Crippen LogP contribution is 2.57. The number of Topliss-reactive ketones (excluding diaryl/α,β-unsaturated/α-hetero) is 1. The van der Waals surface area contributed by atoms with Crippen molar-refractivity contribution in [2.24, 2.45) is 5.41 Å². The number of carbonyl (C=O) groups is 2. The summed E-state index contributed by atoms with van der Waals surface area (Å²) in [5, 5.41) is 0.638. The molecule has 7 heteroatoms. The van der Waals surface area contributed by atoms with Gasteiger partial charge in [0.2, 0.25) is 5.78 Å². The molecule has 5 nitrogen and oxygen atoms in total. The van der Waals surface area contributed by atoms with Gasteiger partial charge < -0.3 is 9.72 Å². The minimum absolute atomic E-state index is 0.0776. The van der Waals surface area contributed by atoms with Gasteiger partial charge in [0, 0.05) is 29.8 Å². The first-order chi connectivity index (χ1) is 12.9. The fourth-order valence-electron chi connectivity index (χ4n) is 4.08. The lowest BCUT2D eigenvalue weighted by atomic mass is 9.71. The summed E-state index contributed by atoms with van der Waals surface area (Å²) in [4.78, 5) is 30.8. The van der Waals surface area contributed by atoms with Crippen LogP contribution in [0.4, 0.5) is 0 Å². The van der Waals surface area contributed by atoms with Crippen LogP contribution in [0.2, 0.25) is 10.0 Å². The van der Waals surface area contributed by atoms with Crippen LogP contribution in [0.25, 0.3) is 5.57 Å². The van der Waals surface area contributed by atoms with E-state index in [9.17, 15) is 9.59 Å². The van der Waals surface area contributed by atoms with Gasteiger partial charge in [-0.1, -0.05) is 30.1 Å². The molecule has 1 N–H and O–H groups in total. The maximum Gasteiger partial charge on any atom is 0.235 e. The van der Waals surface area contributed by atoms with Crippen molar-refractivity contribution in [3.63, 3.8) is 0 Å². The molecule has 140 valence electrons. The van der Waals surface area contributed by atoms with Crippen LogP contribution < -0.4 is 4.74 Å². The highest BCUT2D eigenvalue weighted by atomic mass is 35.5. The fourth-order valence-corrected chi connectivity index (χ4v) is 4.60. The van der Waals surface area contributed by atoms with Gasteiger partial charge in [0.05, 0.1) is 5.02 Å². The smallest absolute Gasteiger partial charge is 0.235 e. The van der Waals surface area contributed by atoms with E-state index in [4.69, 9.17) is 27.9 Å². The van der Waals surface area contributed by atoms with E-state index in [1.54, 1.807) is 12.3 Å². The number of ether oxygens (including phenoxy) is 1. The van der Waals surface area contributed by atoms with E-state index in [-0.39, 0.29) is 34.4 Å². The molecule has 0 saturated heterocycles. The van der Waals surface area contributed by atoms with Crippen LogP contribution in [0, 0.1) is 5.41 Å². The Kier molecular flexibility index (Phi) is 4.60. The summed E-state index contributed by atoms with van der Waals surface area (Å²) in [6.07, 6.45) is 7.88. The predicted molar refractivity (Wildman–Crippen MR) is 104 cm³/mol. The van der Waals surface area contributed by atoms with Crippen molar-refractivity contribution in [3.8, 4) is 5.75 Å². The first-order valence-electron chi connectivity index (χ1n) is 8.87. The molecule has 27 heavy (non-hydrogen) atoms. The number of aromatic amines is 1. The number of ketones is 2. The van der Waals surface area contributed by atoms with E-state index in [0.717, 1.165) is 36.0 Å². The molecule has 0 saturated carbocycles. The van der Waals surface area contributed by atoms with E-state index in [1.165, 1.54) is 6.20 Å². The fraction of sp³-hybridized carbons (Fsp3) is 0.350. The number of carbonyl (C=O) groups excluding carboxylic acids is 2. The molecule has 1 unspecified atom stereocenters. The van der Waals surface area contributed by atoms with Crippen molar-refractivity contribution >= 4 is 40.3 Å². The Morgan fingerprint density at radius 2 is 2.19 bits per heavy atom. The number of nitrogens with zero attached hydrogens (tertiary/aromatic N) is 1. The number of hydrogen-bond donors (Lipinski definition) is 1. The summed E-state index contributed by atoms with van der Waals surface area (Å²) in [7, 11) is 0. The minimum Gasteiger partial charge on any atom is -0.484 e. The Labute approximate surface area is 166 Å². The Hall–Kier alpha value is -2.11. The molecule has 0 bridgehead atoms. The molecule has 1 atom stereocenters. The van der Waals surface area contributed by atoms with Gasteiger partial charge in [-0.2, -0.15) is 0 Å². The minimum atomic E-state index is -0.278. The van der Waals surface area contributed by atoms with Crippen molar-refractivity contribution in [3.05, 3.63) is 51.5 Å². The van der Waals surface area contributed by atoms with Crippen LogP contribution in [0.1, 0.15) is 47.9 Å². The number of aromatic nitrogens is 2. The zero-order valence-electron chi connectivity index (χ0n) is 14.8. The lowest BCUT2D eigenvalue weighted by molar-refractivity contribution is -0.115. The van der Waals surface area contributed by atoms with E-state index in [1.807, 2.05) is 6.07 Å². The van der Waals surface area contributed by atoms with Crippen molar-refractivity contribution in [1.82, 2.24) is 9.97 Å². The number of benzene rings is 1. The summed E-state index contributed by atoms with van der Waals surface area (Å²) in [6.45, 7) is 1.94. The molecule has 0 spiro atoms. The van der Waals surface area contributed by atoms with Crippen molar-refractivity contribution < 1.29 is 14.3 Å². The molecule has 2 aromatic rings. The quantitative estimate of drug-likeness (QED) is 0.734. The van der Waals surface area contributed by atoms with Crippen LogP contribution in [-0.2, 0) is 11.2 Å². The summed E-state index contributed by atoms with van der Waals surface area (Å²) >= 11 is 13.0. The lowest BCUT2D eigenvalue weighted by Gasteiger charge is -2.32. The van der Waals surface area contributed by atoms with Gasteiger partial charge in [0.1, 0.15) is 10.8 Å². The number of rotatable bonds is 5. The van der Waals surface area contributed by atoms with Crippen molar-refractivity contribution in [2.75, 3.05) is 6.61 Å². The normalized spacial score (nSPS) is 20.9. The van der Waals surface area contributed by atoms with Gasteiger partial charge in [-0.15, -0.1) is 0 Å². The summed E-state index contributed by atoms with van der Waals surface area (Å²) in [5.41, 5.74) is 2.77. The topological polar surface area (TPSA) is 72.1 Å². The van der Waals surface area contributed by atoms with E-state index in [2.05, 4.69) is 16.9 Å². The van der Waals surface area contributed by atoms with Gasteiger partial charge in [-0.05, 0) is 42.5 Å². The Balaban J connectivity index is 1.67. The first-order valence-corrected chi connectivity index (χ1v) is 9.62. The zero-order valence-corrected chi connectivity index (χ0v) is 16.3. The van der Waals surface area contributed by atoms with Crippen LogP contribution in [0.3, 0.4) is 0 Å². The number of allylic oxidation sites excluding steroid dienone is 2. The number of nitrogens with one attached hydrogen (secondary N) is 1. The number of hydrogen-bond acceptors (Lipinski definition) is 4. The maximum atomic E-state index is 12.1. The molecule has 1 heterocycles. The van der Waals surface area contributed by atoms with Crippen molar-refractivity contribution in [1.29, 1.82) is 0 Å². The predicted octanol–water partition coefficient (Wildman–Crippen LogP) is 4.68. The third kappa shape index (κ3) is 2.99. The van der Waals surface area contributed by atoms with Gasteiger partial charge in [0.15, 0.2) is 18.2 Å². The Morgan fingerprint density at radius 1 is 1.37 bits per heavy atom.